The Balaban J connectivity index is 0.000000121. The monoisotopic (exact) mass is 390 g/mol. The predicted molar refractivity (Wildman–Crippen MR) is 92.0 cm³/mol. The summed E-state index contributed by atoms with van der Waals surface area (Å²) in [5.74, 6) is 0. The van der Waals surface area contributed by atoms with Crippen LogP contribution in [0.5, 0.6) is 0 Å². The maximum Gasteiger partial charge on any atom is 0.0465 e. The zero-order chi connectivity index (χ0) is 13.9. The molecular formula is C16H12Br2N2. The lowest BCUT2D eigenvalue weighted by Gasteiger charge is -1.85. The molecule has 100 valence electrons. The highest BCUT2D eigenvalue weighted by Crippen LogP contribution is 2.22. The average molecular weight is 392 g/mol. The maximum atomic E-state index is 3.44. The minimum Gasteiger partial charge on any atom is -0.360 e. The summed E-state index contributed by atoms with van der Waals surface area (Å²) in [7, 11) is 0. The number of halogens is 2. The lowest BCUT2D eigenvalue weighted by molar-refractivity contribution is 1.47. The zero-order valence-electron chi connectivity index (χ0n) is 10.5. The van der Waals surface area contributed by atoms with Gasteiger partial charge >= 0.3 is 0 Å². The van der Waals surface area contributed by atoms with Gasteiger partial charge in [0.2, 0.25) is 0 Å². The van der Waals surface area contributed by atoms with Crippen LogP contribution in [-0.2, 0) is 0 Å². The highest BCUT2D eigenvalue weighted by Gasteiger charge is 1.96. The lowest BCUT2D eigenvalue weighted by atomic mass is 10.3. The summed E-state index contributed by atoms with van der Waals surface area (Å²) in [5.41, 5.74) is 2.35. The topological polar surface area (TPSA) is 31.6 Å². The second kappa shape index (κ2) is 5.85. The molecule has 0 atom stereocenters. The Morgan fingerprint density at radius 3 is 1.40 bits per heavy atom. The van der Waals surface area contributed by atoms with E-state index in [9.17, 15) is 0 Å². The van der Waals surface area contributed by atoms with E-state index in [1.807, 2.05) is 36.7 Å². The van der Waals surface area contributed by atoms with E-state index in [1.54, 1.807) is 0 Å². The van der Waals surface area contributed by atoms with Crippen LogP contribution in [0.25, 0.3) is 21.8 Å². The van der Waals surface area contributed by atoms with Gasteiger partial charge in [0.15, 0.2) is 0 Å². The van der Waals surface area contributed by atoms with Crippen molar-refractivity contribution in [2.24, 2.45) is 0 Å². The van der Waals surface area contributed by atoms with E-state index in [4.69, 9.17) is 0 Å². The van der Waals surface area contributed by atoms with Gasteiger partial charge in [0, 0.05) is 43.1 Å². The fourth-order valence-corrected chi connectivity index (χ4v) is 2.99. The van der Waals surface area contributed by atoms with E-state index < -0.39 is 0 Å². The molecule has 0 aliphatic rings. The van der Waals surface area contributed by atoms with Crippen molar-refractivity contribution in [3.8, 4) is 0 Å². The second-order valence-corrected chi connectivity index (χ2v) is 6.07. The molecule has 0 unspecified atom stereocenters. The predicted octanol–water partition coefficient (Wildman–Crippen LogP) is 5.86. The highest BCUT2D eigenvalue weighted by molar-refractivity contribution is 9.11. The van der Waals surface area contributed by atoms with Gasteiger partial charge in [-0.25, -0.2) is 0 Å². The van der Waals surface area contributed by atoms with Gasteiger partial charge in [-0.3, -0.25) is 0 Å². The van der Waals surface area contributed by atoms with Gasteiger partial charge in [-0.15, -0.1) is 0 Å². The van der Waals surface area contributed by atoms with Gasteiger partial charge in [-0.2, -0.15) is 0 Å². The Morgan fingerprint density at radius 1 is 0.600 bits per heavy atom. The molecule has 4 aromatic rings. The molecule has 4 rings (SSSR count). The van der Waals surface area contributed by atoms with Crippen LogP contribution < -0.4 is 0 Å². The van der Waals surface area contributed by atoms with E-state index >= 15 is 0 Å². The lowest BCUT2D eigenvalue weighted by Crippen LogP contribution is -1.62. The molecule has 0 radical (unpaired) electrons. The molecule has 0 fully saturated rings. The van der Waals surface area contributed by atoms with Crippen LogP contribution in [0.15, 0.2) is 69.9 Å². The molecule has 0 bridgehead atoms. The number of aromatic amines is 2. The summed E-state index contributed by atoms with van der Waals surface area (Å²) in [6.07, 6.45) is 3.90. The van der Waals surface area contributed by atoms with Crippen LogP contribution in [0.2, 0.25) is 0 Å². The Morgan fingerprint density at radius 2 is 1.00 bits per heavy atom. The van der Waals surface area contributed by atoms with Crippen molar-refractivity contribution in [2.45, 2.75) is 0 Å². The summed E-state index contributed by atoms with van der Waals surface area (Å²) in [6.45, 7) is 0. The highest BCUT2D eigenvalue weighted by atomic mass is 79.9. The maximum absolute atomic E-state index is 3.44. The zero-order valence-corrected chi connectivity index (χ0v) is 13.7. The Bertz CT molecular complexity index is 774. The largest absolute Gasteiger partial charge is 0.360 e. The molecule has 4 heteroatoms. The van der Waals surface area contributed by atoms with E-state index in [0.29, 0.717) is 0 Å². The van der Waals surface area contributed by atoms with Crippen LogP contribution in [0, 0.1) is 0 Å². The van der Waals surface area contributed by atoms with Gasteiger partial charge in [-0.1, -0.05) is 36.4 Å². The van der Waals surface area contributed by atoms with Crippen molar-refractivity contribution in [2.75, 3.05) is 0 Å². The number of benzene rings is 2. The van der Waals surface area contributed by atoms with E-state index in [2.05, 4.69) is 66.1 Å². The molecule has 2 aromatic heterocycles. The van der Waals surface area contributed by atoms with Crippen LogP contribution in [0.4, 0.5) is 0 Å². The van der Waals surface area contributed by atoms with Crippen molar-refractivity contribution in [1.29, 1.82) is 0 Å². The first-order chi connectivity index (χ1) is 9.75. The quantitative estimate of drug-likeness (QED) is 0.376. The third-order valence-electron chi connectivity index (χ3n) is 3.08. The van der Waals surface area contributed by atoms with Gasteiger partial charge in [0.25, 0.3) is 0 Å². The Kier molecular flexibility index (Phi) is 3.94. The first-order valence-electron chi connectivity index (χ1n) is 6.19. The molecule has 2 heterocycles. The second-order valence-electron chi connectivity index (χ2n) is 4.36. The van der Waals surface area contributed by atoms with Gasteiger partial charge in [0.05, 0.1) is 0 Å². The van der Waals surface area contributed by atoms with Crippen LogP contribution >= 0.6 is 31.9 Å². The SMILES string of the molecule is Brc1c[nH]c2ccccc12.Brc1c[nH]c2ccccc12. The Labute approximate surface area is 133 Å². The molecule has 2 nitrogen and oxygen atoms in total. The number of H-pyrrole nitrogens is 2. The van der Waals surface area contributed by atoms with Gasteiger partial charge < -0.3 is 9.97 Å². The standard InChI is InChI=1S/2C8H6BrN/c2*9-7-5-10-8-4-2-1-3-6(7)8/h2*1-5,10H. The van der Waals surface area contributed by atoms with Crippen molar-refractivity contribution >= 4 is 53.7 Å². The van der Waals surface area contributed by atoms with E-state index in [0.717, 1.165) is 8.95 Å². The smallest absolute Gasteiger partial charge is 0.0465 e. The Hall–Kier alpha value is -1.52. The summed E-state index contributed by atoms with van der Waals surface area (Å²) in [6, 6.07) is 16.4. The molecule has 2 N–H and O–H groups in total. The fraction of sp³-hybridized carbons (Fsp3) is 0. The van der Waals surface area contributed by atoms with Crippen LogP contribution in [0.1, 0.15) is 0 Å². The van der Waals surface area contributed by atoms with Gasteiger partial charge in [0.1, 0.15) is 0 Å². The van der Waals surface area contributed by atoms with Crippen molar-refractivity contribution in [1.82, 2.24) is 9.97 Å². The number of aromatic nitrogens is 2. The molecule has 0 saturated heterocycles. The van der Waals surface area contributed by atoms with Crippen molar-refractivity contribution in [3.05, 3.63) is 69.9 Å². The number of nitrogens with one attached hydrogen (secondary N) is 2. The number of hydrogen-bond donors (Lipinski definition) is 2. The number of rotatable bonds is 0. The van der Waals surface area contributed by atoms with Crippen LogP contribution in [0.3, 0.4) is 0 Å². The summed E-state index contributed by atoms with van der Waals surface area (Å²) >= 11 is 6.87. The summed E-state index contributed by atoms with van der Waals surface area (Å²) in [5, 5.41) is 2.48. The molecule has 0 saturated carbocycles. The average Bonchev–Trinajstić information content (AvgIpc) is 3.05. The molecule has 0 spiro atoms. The molecule has 20 heavy (non-hydrogen) atoms. The summed E-state index contributed by atoms with van der Waals surface area (Å²) < 4.78 is 2.26. The molecule has 2 aromatic carbocycles. The minimum absolute atomic E-state index is 1.13. The third-order valence-corrected chi connectivity index (χ3v) is 4.39. The third kappa shape index (κ3) is 2.67. The fourth-order valence-electron chi connectivity index (χ4n) is 2.07. The number of hydrogen-bond acceptors (Lipinski definition) is 0. The van der Waals surface area contributed by atoms with Crippen molar-refractivity contribution < 1.29 is 0 Å². The number of para-hydroxylation sites is 2. The first-order valence-corrected chi connectivity index (χ1v) is 7.77. The normalized spacial score (nSPS) is 10.5. The molecular weight excluding hydrogens is 380 g/mol. The van der Waals surface area contributed by atoms with E-state index in [-0.39, 0.29) is 0 Å². The van der Waals surface area contributed by atoms with Crippen molar-refractivity contribution in [3.63, 3.8) is 0 Å². The first kappa shape index (κ1) is 13.5. The molecule has 0 aliphatic carbocycles. The summed E-state index contributed by atoms with van der Waals surface area (Å²) in [4.78, 5) is 6.28. The van der Waals surface area contributed by atoms with E-state index in [1.165, 1.54) is 21.8 Å². The number of fused-ring (bicyclic) bond motifs is 2. The molecule has 0 amide bonds. The minimum atomic E-state index is 1.13. The van der Waals surface area contributed by atoms with Crippen LogP contribution in [-0.4, -0.2) is 9.97 Å². The van der Waals surface area contributed by atoms with Gasteiger partial charge in [-0.05, 0) is 44.0 Å². The molecule has 0 aliphatic heterocycles.